The minimum atomic E-state index is -0.645. The zero-order valence-electron chi connectivity index (χ0n) is 10.2. The van der Waals surface area contributed by atoms with Crippen molar-refractivity contribution in [3.63, 3.8) is 0 Å². The Balaban J connectivity index is 2.77. The van der Waals surface area contributed by atoms with E-state index in [2.05, 4.69) is 0 Å². The average molecular weight is 227 g/mol. The minimum absolute atomic E-state index is 0.404. The second kappa shape index (κ2) is 4.15. The standard InChI is InChI=1S/C11H17NO4/c1-7-8(15-5)6-9(13)12(7)10(14)16-11(2,3)4/h6-7H,1-5H3. The van der Waals surface area contributed by atoms with Crippen LogP contribution in [0.3, 0.4) is 0 Å². The quantitative estimate of drug-likeness (QED) is 0.684. The Morgan fingerprint density at radius 1 is 1.44 bits per heavy atom. The number of rotatable bonds is 1. The van der Waals surface area contributed by atoms with Crippen LogP contribution in [0.5, 0.6) is 0 Å². The molecular weight excluding hydrogens is 210 g/mol. The van der Waals surface area contributed by atoms with Gasteiger partial charge in [-0.25, -0.2) is 9.69 Å². The van der Waals surface area contributed by atoms with Crippen LogP contribution in [0.4, 0.5) is 4.79 Å². The fourth-order valence-electron chi connectivity index (χ4n) is 1.42. The van der Waals surface area contributed by atoms with E-state index >= 15 is 0 Å². The first kappa shape index (κ1) is 12.5. The third kappa shape index (κ3) is 2.53. The molecule has 0 aliphatic carbocycles. The maximum Gasteiger partial charge on any atom is 0.417 e. The number of hydrogen-bond acceptors (Lipinski definition) is 4. The van der Waals surface area contributed by atoms with Crippen LogP contribution >= 0.6 is 0 Å². The molecule has 90 valence electrons. The molecule has 0 bridgehead atoms. The molecule has 0 spiro atoms. The van der Waals surface area contributed by atoms with Crippen LogP contribution in [-0.4, -0.2) is 35.7 Å². The Hall–Kier alpha value is -1.52. The molecule has 1 heterocycles. The van der Waals surface area contributed by atoms with Crippen molar-refractivity contribution in [3.8, 4) is 0 Å². The lowest BCUT2D eigenvalue weighted by atomic mass is 10.2. The molecule has 0 aromatic rings. The second-order valence-electron chi connectivity index (χ2n) is 4.62. The van der Waals surface area contributed by atoms with Gasteiger partial charge in [-0.1, -0.05) is 0 Å². The van der Waals surface area contributed by atoms with Crippen molar-refractivity contribution in [3.05, 3.63) is 11.8 Å². The normalized spacial score (nSPS) is 20.8. The molecule has 1 atom stereocenters. The summed E-state index contributed by atoms with van der Waals surface area (Å²) in [5, 5.41) is 0. The van der Waals surface area contributed by atoms with Crippen LogP contribution in [0.25, 0.3) is 0 Å². The van der Waals surface area contributed by atoms with Crippen LogP contribution in [0.15, 0.2) is 11.8 Å². The van der Waals surface area contributed by atoms with E-state index in [1.807, 2.05) is 0 Å². The number of ether oxygens (including phenoxy) is 2. The second-order valence-corrected chi connectivity index (χ2v) is 4.62. The zero-order valence-corrected chi connectivity index (χ0v) is 10.2. The summed E-state index contributed by atoms with van der Waals surface area (Å²) in [7, 11) is 1.47. The van der Waals surface area contributed by atoms with Crippen molar-refractivity contribution >= 4 is 12.0 Å². The van der Waals surface area contributed by atoms with Crippen LogP contribution < -0.4 is 0 Å². The number of carbonyl (C=O) groups is 2. The van der Waals surface area contributed by atoms with Gasteiger partial charge in [0.05, 0.1) is 13.2 Å². The molecule has 1 rings (SSSR count). The third-order valence-electron chi connectivity index (χ3n) is 2.13. The van der Waals surface area contributed by atoms with E-state index in [0.29, 0.717) is 5.76 Å². The van der Waals surface area contributed by atoms with E-state index in [-0.39, 0.29) is 0 Å². The van der Waals surface area contributed by atoms with Gasteiger partial charge >= 0.3 is 6.09 Å². The zero-order chi connectivity index (χ0) is 12.5. The lowest BCUT2D eigenvalue weighted by molar-refractivity contribution is -0.125. The summed E-state index contributed by atoms with van der Waals surface area (Å²) in [6, 6.07) is -0.410. The molecule has 1 aliphatic rings. The molecule has 0 aromatic carbocycles. The molecule has 5 heteroatoms. The molecule has 0 N–H and O–H groups in total. The molecule has 0 saturated heterocycles. The van der Waals surface area contributed by atoms with Crippen LogP contribution in [0.2, 0.25) is 0 Å². The van der Waals surface area contributed by atoms with Gasteiger partial charge in [0.25, 0.3) is 5.91 Å². The van der Waals surface area contributed by atoms with Gasteiger partial charge in [-0.3, -0.25) is 4.79 Å². The monoisotopic (exact) mass is 227 g/mol. The van der Waals surface area contributed by atoms with Crippen molar-refractivity contribution in [2.75, 3.05) is 7.11 Å². The van der Waals surface area contributed by atoms with Crippen molar-refractivity contribution in [1.82, 2.24) is 4.90 Å². The van der Waals surface area contributed by atoms with Crippen molar-refractivity contribution in [2.45, 2.75) is 39.3 Å². The van der Waals surface area contributed by atoms with E-state index < -0.39 is 23.6 Å². The number of nitrogens with zero attached hydrogens (tertiary/aromatic N) is 1. The first-order valence-electron chi connectivity index (χ1n) is 5.08. The largest absolute Gasteiger partial charge is 0.499 e. The van der Waals surface area contributed by atoms with Crippen molar-refractivity contribution < 1.29 is 19.1 Å². The topological polar surface area (TPSA) is 55.8 Å². The molecular formula is C11H17NO4. The lowest BCUT2D eigenvalue weighted by Gasteiger charge is -2.26. The molecule has 2 amide bonds. The Bertz CT molecular complexity index is 340. The summed E-state index contributed by atoms with van der Waals surface area (Å²) in [5.41, 5.74) is -0.618. The van der Waals surface area contributed by atoms with Gasteiger partial charge in [0.2, 0.25) is 0 Å². The summed E-state index contributed by atoms with van der Waals surface area (Å²) in [4.78, 5) is 24.3. The van der Waals surface area contributed by atoms with Crippen molar-refractivity contribution in [2.24, 2.45) is 0 Å². The highest BCUT2D eigenvalue weighted by atomic mass is 16.6. The molecule has 0 fully saturated rings. The van der Waals surface area contributed by atoms with E-state index in [9.17, 15) is 9.59 Å². The summed E-state index contributed by atoms with van der Waals surface area (Å²) >= 11 is 0. The Morgan fingerprint density at radius 2 is 2.00 bits per heavy atom. The van der Waals surface area contributed by atoms with Crippen LogP contribution in [0.1, 0.15) is 27.7 Å². The van der Waals surface area contributed by atoms with Crippen molar-refractivity contribution in [1.29, 1.82) is 0 Å². The van der Waals surface area contributed by atoms with Gasteiger partial charge in [-0.2, -0.15) is 0 Å². The Kier molecular flexibility index (Phi) is 3.26. The van der Waals surface area contributed by atoms with Gasteiger partial charge in [0, 0.05) is 6.08 Å². The number of imide groups is 1. The average Bonchev–Trinajstić information content (AvgIpc) is 2.38. The Labute approximate surface area is 95.0 Å². The number of hydrogen-bond donors (Lipinski definition) is 0. The van der Waals surface area contributed by atoms with Gasteiger partial charge in [0.15, 0.2) is 0 Å². The number of amides is 2. The van der Waals surface area contributed by atoms with Gasteiger partial charge in [-0.15, -0.1) is 0 Å². The predicted octanol–water partition coefficient (Wildman–Crippen LogP) is 1.68. The van der Waals surface area contributed by atoms with Gasteiger partial charge < -0.3 is 9.47 Å². The van der Waals surface area contributed by atoms with E-state index in [0.717, 1.165) is 4.90 Å². The number of carbonyl (C=O) groups excluding carboxylic acids is 2. The maximum atomic E-state index is 11.7. The van der Waals surface area contributed by atoms with Gasteiger partial charge in [0.1, 0.15) is 11.4 Å². The predicted molar refractivity (Wildman–Crippen MR) is 57.6 cm³/mol. The highest BCUT2D eigenvalue weighted by Crippen LogP contribution is 2.22. The molecule has 0 aromatic heterocycles. The van der Waals surface area contributed by atoms with E-state index in [4.69, 9.17) is 9.47 Å². The SMILES string of the molecule is COC1=CC(=O)N(C(=O)OC(C)(C)C)C1C. The Morgan fingerprint density at radius 3 is 2.38 bits per heavy atom. The molecule has 1 unspecified atom stereocenters. The summed E-state index contributed by atoms with van der Waals surface area (Å²) < 4.78 is 10.1. The molecule has 0 saturated carbocycles. The highest BCUT2D eigenvalue weighted by molar-refractivity contribution is 6.02. The van der Waals surface area contributed by atoms with E-state index in [1.54, 1.807) is 27.7 Å². The van der Waals surface area contributed by atoms with Crippen LogP contribution in [-0.2, 0) is 14.3 Å². The first-order chi connectivity index (χ1) is 7.26. The van der Waals surface area contributed by atoms with Gasteiger partial charge in [-0.05, 0) is 27.7 Å². The third-order valence-corrected chi connectivity index (χ3v) is 2.13. The summed E-state index contributed by atoms with van der Waals surface area (Å²) in [6.45, 7) is 6.96. The highest BCUT2D eigenvalue weighted by Gasteiger charge is 2.37. The summed E-state index contributed by atoms with van der Waals surface area (Å²) in [6.07, 6.45) is 0.655. The smallest absolute Gasteiger partial charge is 0.417 e. The molecule has 5 nitrogen and oxygen atoms in total. The lowest BCUT2D eigenvalue weighted by Crippen LogP contribution is -2.42. The molecule has 0 radical (unpaired) electrons. The maximum absolute atomic E-state index is 11.7. The summed E-state index contributed by atoms with van der Waals surface area (Å²) in [5.74, 6) is 0.0643. The minimum Gasteiger partial charge on any atom is -0.499 e. The van der Waals surface area contributed by atoms with Crippen LogP contribution in [0, 0.1) is 0 Å². The number of methoxy groups -OCH3 is 1. The molecule has 16 heavy (non-hydrogen) atoms. The fraction of sp³-hybridized carbons (Fsp3) is 0.636. The van der Waals surface area contributed by atoms with E-state index in [1.165, 1.54) is 13.2 Å². The fourth-order valence-corrected chi connectivity index (χ4v) is 1.42. The molecule has 1 aliphatic heterocycles. The first-order valence-corrected chi connectivity index (χ1v) is 5.08.